The molecule has 1 aromatic rings. The molecule has 3 nitrogen and oxygen atoms in total. The highest BCUT2D eigenvalue weighted by Crippen LogP contribution is 2.27. The summed E-state index contributed by atoms with van der Waals surface area (Å²) in [6, 6.07) is 1.01. The van der Waals surface area contributed by atoms with E-state index in [1.807, 2.05) is 20.8 Å². The third-order valence-corrected chi connectivity index (χ3v) is 2.81. The van der Waals surface area contributed by atoms with Crippen molar-refractivity contribution >= 4 is 17.4 Å². The van der Waals surface area contributed by atoms with E-state index in [0.717, 1.165) is 0 Å². The second kappa shape index (κ2) is 5.76. The SMILES string of the molecule is CC(C)N(CC(F)(F)F)c1cc(Cl)nc(C(C)(C)C)n1. The highest BCUT2D eigenvalue weighted by Gasteiger charge is 2.33. The molecule has 0 amide bonds. The Bertz CT molecular complexity index is 467. The molecular weight excluding hydrogens is 291 g/mol. The predicted octanol–water partition coefficient (Wildman–Crippen LogP) is 4.20. The van der Waals surface area contributed by atoms with Crippen molar-refractivity contribution in [2.45, 2.75) is 52.3 Å². The van der Waals surface area contributed by atoms with Gasteiger partial charge in [0.1, 0.15) is 23.3 Å². The summed E-state index contributed by atoms with van der Waals surface area (Å²) in [6.45, 7) is 7.93. The molecule has 0 spiro atoms. The zero-order valence-electron chi connectivity index (χ0n) is 12.2. The molecule has 1 rings (SSSR count). The van der Waals surface area contributed by atoms with Crippen LogP contribution >= 0.6 is 11.6 Å². The molecule has 1 heterocycles. The predicted molar refractivity (Wildman–Crippen MR) is 74.3 cm³/mol. The fourth-order valence-electron chi connectivity index (χ4n) is 1.61. The number of rotatable bonds is 3. The van der Waals surface area contributed by atoms with E-state index in [0.29, 0.717) is 5.82 Å². The minimum atomic E-state index is -4.30. The molecule has 0 unspecified atom stereocenters. The smallest absolute Gasteiger partial charge is 0.345 e. The Morgan fingerprint density at radius 1 is 1.20 bits per heavy atom. The largest absolute Gasteiger partial charge is 0.405 e. The van der Waals surface area contributed by atoms with Crippen LogP contribution in [0.3, 0.4) is 0 Å². The summed E-state index contributed by atoms with van der Waals surface area (Å²) in [5.74, 6) is 0.620. The average molecular weight is 310 g/mol. The number of halogens is 4. The van der Waals surface area contributed by atoms with Crippen LogP contribution in [0.4, 0.5) is 19.0 Å². The third kappa shape index (κ3) is 4.81. The van der Waals surface area contributed by atoms with Crippen LogP contribution in [-0.2, 0) is 5.41 Å². The van der Waals surface area contributed by atoms with E-state index in [1.54, 1.807) is 13.8 Å². The first-order valence-electron chi connectivity index (χ1n) is 6.28. The van der Waals surface area contributed by atoms with Gasteiger partial charge in [0.05, 0.1) is 0 Å². The maximum absolute atomic E-state index is 12.7. The standard InChI is InChI=1S/C13H19ClF3N3/c1-8(2)20(7-13(15,16)17)10-6-9(14)18-11(19-10)12(3,4)5/h6,8H,7H2,1-5H3. The van der Waals surface area contributed by atoms with E-state index in [4.69, 9.17) is 11.6 Å². The van der Waals surface area contributed by atoms with Crippen LogP contribution in [0.1, 0.15) is 40.4 Å². The van der Waals surface area contributed by atoms with Crippen LogP contribution in [0.25, 0.3) is 0 Å². The number of hydrogen-bond acceptors (Lipinski definition) is 3. The summed E-state index contributed by atoms with van der Waals surface area (Å²) in [6.07, 6.45) is -4.30. The van der Waals surface area contributed by atoms with Crippen molar-refractivity contribution in [3.63, 3.8) is 0 Å². The molecule has 114 valence electrons. The molecule has 0 N–H and O–H groups in total. The second-order valence-electron chi connectivity index (χ2n) is 5.96. The van der Waals surface area contributed by atoms with Gasteiger partial charge in [-0.3, -0.25) is 0 Å². The zero-order chi connectivity index (χ0) is 15.7. The van der Waals surface area contributed by atoms with Crippen molar-refractivity contribution in [2.24, 2.45) is 0 Å². The van der Waals surface area contributed by atoms with E-state index >= 15 is 0 Å². The maximum atomic E-state index is 12.7. The van der Waals surface area contributed by atoms with Crippen molar-refractivity contribution < 1.29 is 13.2 Å². The van der Waals surface area contributed by atoms with Crippen LogP contribution in [0.5, 0.6) is 0 Å². The van der Waals surface area contributed by atoms with E-state index in [2.05, 4.69) is 9.97 Å². The summed E-state index contributed by atoms with van der Waals surface area (Å²) in [5.41, 5.74) is -0.388. The Hall–Kier alpha value is -1.04. The first-order valence-corrected chi connectivity index (χ1v) is 6.66. The Kier molecular flexibility index (Phi) is 4.90. The zero-order valence-corrected chi connectivity index (χ0v) is 13.0. The molecule has 0 aliphatic heterocycles. The number of aromatic nitrogens is 2. The summed E-state index contributed by atoms with van der Waals surface area (Å²) in [5, 5.41) is 0.146. The van der Waals surface area contributed by atoms with Gasteiger partial charge < -0.3 is 4.90 Å². The van der Waals surface area contributed by atoms with Crippen molar-refractivity contribution in [1.82, 2.24) is 9.97 Å². The van der Waals surface area contributed by atoms with Gasteiger partial charge in [-0.1, -0.05) is 32.4 Å². The molecule has 0 bridgehead atoms. The lowest BCUT2D eigenvalue weighted by Crippen LogP contribution is -2.40. The molecule has 0 aliphatic rings. The summed E-state index contributed by atoms with van der Waals surface area (Å²) >= 11 is 5.92. The lowest BCUT2D eigenvalue weighted by molar-refractivity contribution is -0.120. The summed E-state index contributed by atoms with van der Waals surface area (Å²) in [7, 11) is 0. The van der Waals surface area contributed by atoms with Gasteiger partial charge in [-0.05, 0) is 13.8 Å². The van der Waals surface area contributed by atoms with Gasteiger partial charge >= 0.3 is 6.18 Å². The van der Waals surface area contributed by atoms with E-state index in [-0.39, 0.29) is 22.4 Å². The first kappa shape index (κ1) is 17.0. The van der Waals surface area contributed by atoms with Gasteiger partial charge in [0.2, 0.25) is 0 Å². The van der Waals surface area contributed by atoms with Crippen LogP contribution in [0.15, 0.2) is 6.07 Å². The minimum absolute atomic E-state index is 0.146. The quantitative estimate of drug-likeness (QED) is 0.783. The van der Waals surface area contributed by atoms with Gasteiger partial charge in [0.15, 0.2) is 0 Å². The third-order valence-electron chi connectivity index (χ3n) is 2.62. The molecular formula is C13H19ClF3N3. The lowest BCUT2D eigenvalue weighted by Gasteiger charge is -2.30. The van der Waals surface area contributed by atoms with Gasteiger partial charge in [-0.25, -0.2) is 9.97 Å². The van der Waals surface area contributed by atoms with Crippen molar-refractivity contribution in [2.75, 3.05) is 11.4 Å². The Morgan fingerprint density at radius 3 is 2.15 bits per heavy atom. The molecule has 0 radical (unpaired) electrons. The van der Waals surface area contributed by atoms with Crippen molar-refractivity contribution in [3.8, 4) is 0 Å². The molecule has 1 aromatic heterocycles. The first-order chi connectivity index (χ1) is 8.90. The van der Waals surface area contributed by atoms with Crippen LogP contribution in [-0.4, -0.2) is 28.7 Å². The number of alkyl halides is 3. The molecule has 7 heteroatoms. The molecule has 0 atom stereocenters. The fraction of sp³-hybridized carbons (Fsp3) is 0.692. The molecule has 0 saturated carbocycles. The molecule has 0 aromatic carbocycles. The van der Waals surface area contributed by atoms with Gasteiger partial charge in [-0.15, -0.1) is 0 Å². The van der Waals surface area contributed by atoms with Gasteiger partial charge in [0.25, 0.3) is 0 Å². The topological polar surface area (TPSA) is 29.0 Å². The Balaban J connectivity index is 3.24. The van der Waals surface area contributed by atoms with Crippen LogP contribution in [0.2, 0.25) is 5.15 Å². The Labute approximate surface area is 122 Å². The average Bonchev–Trinajstić information content (AvgIpc) is 2.22. The summed E-state index contributed by atoms with van der Waals surface area (Å²) in [4.78, 5) is 9.50. The molecule has 0 aliphatic carbocycles. The Morgan fingerprint density at radius 2 is 1.75 bits per heavy atom. The van der Waals surface area contributed by atoms with Crippen molar-refractivity contribution in [3.05, 3.63) is 17.0 Å². The highest BCUT2D eigenvalue weighted by atomic mass is 35.5. The van der Waals surface area contributed by atoms with Gasteiger partial charge in [-0.2, -0.15) is 13.2 Å². The number of hydrogen-bond donors (Lipinski definition) is 0. The van der Waals surface area contributed by atoms with Crippen LogP contribution in [0, 0.1) is 0 Å². The maximum Gasteiger partial charge on any atom is 0.405 e. The van der Waals surface area contributed by atoms with E-state index < -0.39 is 12.7 Å². The van der Waals surface area contributed by atoms with E-state index in [9.17, 15) is 13.2 Å². The molecule has 20 heavy (non-hydrogen) atoms. The lowest BCUT2D eigenvalue weighted by atomic mass is 9.96. The van der Waals surface area contributed by atoms with E-state index in [1.165, 1.54) is 11.0 Å². The van der Waals surface area contributed by atoms with Crippen LogP contribution < -0.4 is 4.90 Å². The number of nitrogens with zero attached hydrogens (tertiary/aromatic N) is 3. The fourth-order valence-corrected chi connectivity index (χ4v) is 1.79. The monoisotopic (exact) mass is 309 g/mol. The minimum Gasteiger partial charge on any atom is -0.345 e. The molecule has 0 fully saturated rings. The van der Waals surface area contributed by atoms with Crippen molar-refractivity contribution in [1.29, 1.82) is 0 Å². The summed E-state index contributed by atoms with van der Waals surface area (Å²) < 4.78 is 38.0. The second-order valence-corrected chi connectivity index (χ2v) is 6.35. The molecule has 0 saturated heterocycles. The van der Waals surface area contributed by atoms with Gasteiger partial charge in [0, 0.05) is 17.5 Å². The number of anilines is 1. The highest BCUT2D eigenvalue weighted by molar-refractivity contribution is 6.29. The normalized spacial score (nSPS) is 12.9.